The molecule has 0 aromatic rings. The fraction of sp³-hybridized carbons (Fsp3) is 0.571. The molecule has 0 N–H and O–H groups in total. The third kappa shape index (κ3) is 1.35. The van der Waals surface area contributed by atoms with Crippen LogP contribution in [0.1, 0.15) is 19.8 Å². The van der Waals surface area contributed by atoms with Crippen molar-refractivity contribution in [3.63, 3.8) is 0 Å². The first-order chi connectivity index (χ1) is 4.74. The van der Waals surface area contributed by atoms with Gasteiger partial charge in [0.15, 0.2) is 0 Å². The first-order valence-electron chi connectivity index (χ1n) is 3.26. The van der Waals surface area contributed by atoms with Crippen LogP contribution in [0.2, 0.25) is 0 Å². The van der Waals surface area contributed by atoms with E-state index in [4.69, 9.17) is 0 Å². The molecule has 3 nitrogen and oxygen atoms in total. The predicted molar refractivity (Wildman–Crippen MR) is 33.8 cm³/mol. The van der Waals surface area contributed by atoms with Crippen molar-refractivity contribution in [3.8, 4) is 0 Å². The van der Waals surface area contributed by atoms with E-state index < -0.39 is 5.97 Å². The summed E-state index contributed by atoms with van der Waals surface area (Å²) in [6.45, 7) is 1.86. The van der Waals surface area contributed by atoms with Gasteiger partial charge in [0.25, 0.3) is 0 Å². The molecule has 1 heterocycles. The zero-order chi connectivity index (χ0) is 7.56. The Balaban J connectivity index is 2.46. The molecule has 3 heteroatoms. The number of rotatable bonds is 2. The zero-order valence-corrected chi connectivity index (χ0v) is 5.79. The molecule has 0 saturated carbocycles. The van der Waals surface area contributed by atoms with Crippen molar-refractivity contribution in [1.82, 2.24) is 0 Å². The molecule has 1 fully saturated rings. The highest BCUT2D eigenvalue weighted by atomic mass is 16.6. The first kappa shape index (κ1) is 7.25. The molecule has 0 aliphatic carbocycles. The fourth-order valence-corrected chi connectivity index (χ4v) is 0.986. The van der Waals surface area contributed by atoms with E-state index in [9.17, 15) is 9.59 Å². The van der Waals surface area contributed by atoms with E-state index in [1.54, 1.807) is 0 Å². The van der Waals surface area contributed by atoms with Gasteiger partial charge in [0, 0.05) is 0 Å². The second-order valence-electron chi connectivity index (χ2n) is 2.34. The van der Waals surface area contributed by atoms with Crippen LogP contribution in [0, 0.1) is 12.3 Å². The lowest BCUT2D eigenvalue weighted by Crippen LogP contribution is -2.06. The highest BCUT2D eigenvalue weighted by molar-refractivity contribution is 5.94. The van der Waals surface area contributed by atoms with Crippen molar-refractivity contribution in [3.05, 3.63) is 6.42 Å². The molecule has 1 rings (SSSR count). The normalized spacial score (nSPS) is 25.1. The largest absolute Gasteiger partial charge is 0.393 e. The van der Waals surface area contributed by atoms with Crippen molar-refractivity contribution in [2.45, 2.75) is 19.8 Å². The number of hydrogen-bond acceptors (Lipinski definition) is 3. The molecule has 1 aliphatic heterocycles. The summed E-state index contributed by atoms with van der Waals surface area (Å²) in [5.74, 6) is -0.975. The Bertz CT molecular complexity index is 162. The van der Waals surface area contributed by atoms with Gasteiger partial charge in [0.05, 0.1) is 12.3 Å². The van der Waals surface area contributed by atoms with Gasteiger partial charge in [0.2, 0.25) is 0 Å². The van der Waals surface area contributed by atoms with Gasteiger partial charge in [-0.3, -0.25) is 9.59 Å². The van der Waals surface area contributed by atoms with Crippen molar-refractivity contribution in [2.75, 3.05) is 0 Å². The predicted octanol–water partition coefficient (Wildman–Crippen LogP) is 0.690. The Morgan fingerprint density at radius 1 is 1.70 bits per heavy atom. The quantitative estimate of drug-likeness (QED) is 0.419. The maximum atomic E-state index is 10.7. The number of hydrogen-bond donors (Lipinski definition) is 0. The molecule has 0 amide bonds. The molecule has 1 aliphatic rings. The van der Waals surface area contributed by atoms with E-state index in [1.807, 2.05) is 13.3 Å². The van der Waals surface area contributed by atoms with Crippen LogP contribution in [0.3, 0.4) is 0 Å². The molecule has 0 aromatic heterocycles. The first-order valence-corrected chi connectivity index (χ1v) is 3.26. The van der Waals surface area contributed by atoms with E-state index in [0.717, 1.165) is 0 Å². The lowest BCUT2D eigenvalue weighted by molar-refractivity contribution is -0.153. The van der Waals surface area contributed by atoms with Crippen LogP contribution in [-0.4, -0.2) is 11.9 Å². The van der Waals surface area contributed by atoms with Crippen LogP contribution in [-0.2, 0) is 14.3 Å². The van der Waals surface area contributed by atoms with Crippen molar-refractivity contribution in [2.24, 2.45) is 5.92 Å². The molecule has 55 valence electrons. The number of carbonyl (C=O) groups excluding carboxylic acids is 2. The molecule has 10 heavy (non-hydrogen) atoms. The average molecular weight is 141 g/mol. The van der Waals surface area contributed by atoms with Gasteiger partial charge in [-0.25, -0.2) is 0 Å². The minimum absolute atomic E-state index is 0.211. The molecule has 0 bridgehead atoms. The highest BCUT2D eigenvalue weighted by Crippen LogP contribution is 2.19. The third-order valence-corrected chi connectivity index (χ3v) is 1.48. The minimum Gasteiger partial charge on any atom is -0.393 e. The van der Waals surface area contributed by atoms with E-state index >= 15 is 0 Å². The summed E-state index contributed by atoms with van der Waals surface area (Å²) in [5.41, 5.74) is 0. The number of esters is 2. The summed E-state index contributed by atoms with van der Waals surface area (Å²) in [4.78, 5) is 21.2. The van der Waals surface area contributed by atoms with Crippen LogP contribution in [0.15, 0.2) is 0 Å². The van der Waals surface area contributed by atoms with Gasteiger partial charge in [-0.2, -0.15) is 0 Å². The van der Waals surface area contributed by atoms with Crippen molar-refractivity contribution in [1.29, 1.82) is 0 Å². The van der Waals surface area contributed by atoms with Crippen LogP contribution in [0.4, 0.5) is 0 Å². The van der Waals surface area contributed by atoms with E-state index in [-0.39, 0.29) is 18.3 Å². The van der Waals surface area contributed by atoms with E-state index in [2.05, 4.69) is 4.74 Å². The number of carbonyl (C=O) groups is 2. The third-order valence-electron chi connectivity index (χ3n) is 1.48. The summed E-state index contributed by atoms with van der Waals surface area (Å²) < 4.78 is 4.33. The second-order valence-corrected chi connectivity index (χ2v) is 2.34. The molecule has 1 atom stereocenters. The number of ether oxygens (including phenoxy) is 1. The maximum absolute atomic E-state index is 10.7. The molecular weight excluding hydrogens is 132 g/mol. The maximum Gasteiger partial charge on any atom is 0.317 e. The molecule has 0 aromatic carbocycles. The number of cyclic esters (lactones) is 2. The van der Waals surface area contributed by atoms with Gasteiger partial charge in [-0.1, -0.05) is 6.92 Å². The zero-order valence-electron chi connectivity index (χ0n) is 5.79. The molecule has 0 spiro atoms. The van der Waals surface area contributed by atoms with Crippen LogP contribution in [0.25, 0.3) is 0 Å². The Morgan fingerprint density at radius 3 is 2.80 bits per heavy atom. The summed E-state index contributed by atoms with van der Waals surface area (Å²) in [6, 6.07) is 0. The van der Waals surface area contributed by atoms with Crippen LogP contribution >= 0.6 is 0 Å². The molecule has 1 unspecified atom stereocenters. The van der Waals surface area contributed by atoms with Crippen LogP contribution in [0.5, 0.6) is 0 Å². The summed E-state index contributed by atoms with van der Waals surface area (Å²) in [6.07, 6.45) is 2.76. The lowest BCUT2D eigenvalue weighted by atomic mass is 10.0. The SMILES string of the molecule is C[CH]CC1CC(=O)OC1=O. The average Bonchev–Trinajstić information content (AvgIpc) is 2.13. The monoisotopic (exact) mass is 141 g/mol. The lowest BCUT2D eigenvalue weighted by Gasteiger charge is -1.97. The molecule has 1 saturated heterocycles. The van der Waals surface area contributed by atoms with Crippen molar-refractivity contribution < 1.29 is 14.3 Å². The smallest absolute Gasteiger partial charge is 0.317 e. The van der Waals surface area contributed by atoms with Crippen LogP contribution < -0.4 is 0 Å². The van der Waals surface area contributed by atoms with Gasteiger partial charge < -0.3 is 4.74 Å². The second kappa shape index (κ2) is 2.82. The molecule has 1 radical (unpaired) electrons. The van der Waals surface area contributed by atoms with Gasteiger partial charge in [0.1, 0.15) is 0 Å². The Kier molecular flexibility index (Phi) is 2.04. The van der Waals surface area contributed by atoms with Gasteiger partial charge in [-0.05, 0) is 12.8 Å². The van der Waals surface area contributed by atoms with E-state index in [1.165, 1.54) is 0 Å². The Hall–Kier alpha value is -0.860. The summed E-state index contributed by atoms with van der Waals surface area (Å²) >= 11 is 0. The van der Waals surface area contributed by atoms with Crippen molar-refractivity contribution >= 4 is 11.9 Å². The van der Waals surface area contributed by atoms with Gasteiger partial charge in [-0.15, -0.1) is 0 Å². The van der Waals surface area contributed by atoms with E-state index in [0.29, 0.717) is 6.42 Å². The molecular formula is C7H9O3. The summed E-state index contributed by atoms with van der Waals surface area (Å²) in [5, 5.41) is 0. The minimum atomic E-state index is -0.392. The Labute approximate surface area is 59.4 Å². The van der Waals surface area contributed by atoms with Gasteiger partial charge >= 0.3 is 11.9 Å². The Morgan fingerprint density at radius 2 is 2.40 bits per heavy atom. The standard InChI is InChI=1S/C7H9O3/c1-2-3-5-4-6(8)10-7(5)9/h2,5H,3-4H2,1H3. The fourth-order valence-electron chi connectivity index (χ4n) is 0.986. The topological polar surface area (TPSA) is 43.4 Å². The summed E-state index contributed by atoms with van der Waals surface area (Å²) in [7, 11) is 0. The highest BCUT2D eigenvalue weighted by Gasteiger charge is 2.32.